The van der Waals surface area contributed by atoms with Gasteiger partial charge in [-0.25, -0.2) is 9.69 Å². The molecule has 2 atom stereocenters. The molecule has 2 heterocycles. The molecule has 0 unspecified atom stereocenters. The van der Waals surface area contributed by atoms with Crippen molar-refractivity contribution >= 4 is 58.1 Å². The van der Waals surface area contributed by atoms with Gasteiger partial charge in [-0.2, -0.15) is 5.10 Å². The van der Waals surface area contributed by atoms with E-state index in [1.54, 1.807) is 55.5 Å². The summed E-state index contributed by atoms with van der Waals surface area (Å²) in [5, 5.41) is 6.54. The molecule has 4 rings (SSSR count). The van der Waals surface area contributed by atoms with Crippen molar-refractivity contribution in [2.45, 2.75) is 13.0 Å². The topological polar surface area (TPSA) is 79.3 Å². The molecule has 2 aliphatic rings. The number of fused-ring (bicyclic) bond motifs is 1. The first kappa shape index (κ1) is 19.4. The number of nitrogens with zero attached hydrogens (tertiary/aromatic N) is 3. The molecule has 2 aromatic carbocycles. The molecule has 0 spiro atoms. The Balaban J connectivity index is 1.79. The number of benzene rings is 2. The lowest BCUT2D eigenvalue weighted by Gasteiger charge is -2.22. The van der Waals surface area contributed by atoms with Gasteiger partial charge in [-0.15, -0.1) is 0 Å². The van der Waals surface area contributed by atoms with Crippen LogP contribution < -0.4 is 9.91 Å². The quantitative estimate of drug-likeness (QED) is 0.547. The highest BCUT2D eigenvalue weighted by Crippen LogP contribution is 2.38. The molecule has 0 radical (unpaired) electrons. The van der Waals surface area contributed by atoms with E-state index in [0.29, 0.717) is 21.4 Å². The van der Waals surface area contributed by atoms with Gasteiger partial charge in [0, 0.05) is 10.0 Å². The van der Waals surface area contributed by atoms with Gasteiger partial charge in [-0.05, 0) is 49.4 Å². The summed E-state index contributed by atoms with van der Waals surface area (Å²) in [6, 6.07) is 12.0. The van der Waals surface area contributed by atoms with Crippen LogP contribution in [0.2, 0.25) is 10.0 Å². The molecule has 1 fully saturated rings. The van der Waals surface area contributed by atoms with Gasteiger partial charge in [0.25, 0.3) is 5.91 Å². The minimum Gasteiger partial charge on any atom is -0.461 e. The van der Waals surface area contributed by atoms with Crippen molar-refractivity contribution in [2.24, 2.45) is 11.0 Å². The highest BCUT2D eigenvalue weighted by atomic mass is 35.5. The smallest absolute Gasteiger partial charge is 0.355 e. The van der Waals surface area contributed by atoms with Crippen LogP contribution in [0.1, 0.15) is 6.92 Å². The minimum absolute atomic E-state index is 0.105. The predicted molar refractivity (Wildman–Crippen MR) is 109 cm³/mol. The number of ether oxygens (including phenoxy) is 1. The number of anilines is 2. The zero-order valence-electron chi connectivity index (χ0n) is 15.2. The zero-order valence-corrected chi connectivity index (χ0v) is 16.7. The highest BCUT2D eigenvalue weighted by Gasteiger charge is 2.59. The molecule has 0 saturated carbocycles. The fraction of sp³-hybridized carbons (Fsp3) is 0.200. The molecule has 1 saturated heterocycles. The molecule has 2 aromatic rings. The highest BCUT2D eigenvalue weighted by molar-refractivity contribution is 6.47. The molecule has 2 aliphatic heterocycles. The number of amides is 2. The van der Waals surface area contributed by atoms with Crippen LogP contribution in [0, 0.1) is 5.92 Å². The lowest BCUT2D eigenvalue weighted by atomic mass is 9.98. The van der Waals surface area contributed by atoms with E-state index in [0.717, 1.165) is 4.90 Å². The molecule has 9 heteroatoms. The van der Waals surface area contributed by atoms with Crippen molar-refractivity contribution in [3.63, 3.8) is 0 Å². The normalized spacial score (nSPS) is 20.7. The third kappa shape index (κ3) is 3.26. The number of rotatable bonds is 4. The summed E-state index contributed by atoms with van der Waals surface area (Å²) in [6.45, 7) is 1.77. The lowest BCUT2D eigenvalue weighted by Crippen LogP contribution is -2.39. The maximum atomic E-state index is 13.2. The summed E-state index contributed by atoms with van der Waals surface area (Å²) in [4.78, 5) is 39.9. The van der Waals surface area contributed by atoms with E-state index in [1.165, 1.54) is 5.01 Å². The van der Waals surface area contributed by atoms with Gasteiger partial charge in [-0.1, -0.05) is 29.3 Å². The Morgan fingerprint density at radius 2 is 1.76 bits per heavy atom. The van der Waals surface area contributed by atoms with E-state index >= 15 is 0 Å². The van der Waals surface area contributed by atoms with E-state index in [1.807, 2.05) is 0 Å². The van der Waals surface area contributed by atoms with Crippen molar-refractivity contribution in [1.82, 2.24) is 0 Å². The van der Waals surface area contributed by atoms with Crippen LogP contribution in [0.5, 0.6) is 0 Å². The zero-order chi connectivity index (χ0) is 20.7. The fourth-order valence-corrected chi connectivity index (χ4v) is 3.78. The number of carbonyl (C=O) groups is 3. The number of carbonyl (C=O) groups excluding carboxylic acids is 3. The second-order valence-electron chi connectivity index (χ2n) is 6.44. The lowest BCUT2D eigenvalue weighted by molar-refractivity contribution is -0.136. The van der Waals surface area contributed by atoms with Gasteiger partial charge in [0.1, 0.15) is 12.0 Å². The monoisotopic (exact) mass is 431 g/mol. The average molecular weight is 432 g/mol. The molecule has 7 nitrogen and oxygen atoms in total. The first-order valence-corrected chi connectivity index (χ1v) is 9.61. The van der Waals surface area contributed by atoms with Gasteiger partial charge in [0.2, 0.25) is 5.91 Å². The Labute approximate surface area is 176 Å². The van der Waals surface area contributed by atoms with Gasteiger partial charge < -0.3 is 4.74 Å². The van der Waals surface area contributed by atoms with Crippen molar-refractivity contribution in [3.05, 3.63) is 58.6 Å². The Morgan fingerprint density at radius 3 is 2.41 bits per heavy atom. The molecule has 0 bridgehead atoms. The molecule has 0 aromatic heterocycles. The molecule has 0 aliphatic carbocycles. The van der Waals surface area contributed by atoms with Gasteiger partial charge >= 0.3 is 5.97 Å². The number of imide groups is 1. The molecule has 29 heavy (non-hydrogen) atoms. The van der Waals surface area contributed by atoms with Crippen LogP contribution in [0.3, 0.4) is 0 Å². The number of hydrogen-bond acceptors (Lipinski definition) is 6. The largest absolute Gasteiger partial charge is 0.461 e. The SMILES string of the molecule is CCOC(=O)C1=NN(c2cccc(Cl)c2)[C@H]2C(=O)N(c3ccc(Cl)cc3)C(=O)[C@@H]12. The molecular weight excluding hydrogens is 417 g/mol. The first-order valence-electron chi connectivity index (χ1n) is 8.86. The Kier molecular flexibility index (Phi) is 5.02. The maximum Gasteiger partial charge on any atom is 0.355 e. The number of esters is 1. The van der Waals surface area contributed by atoms with Crippen molar-refractivity contribution < 1.29 is 19.1 Å². The van der Waals surface area contributed by atoms with Crippen LogP contribution in [-0.4, -0.2) is 36.1 Å². The molecule has 148 valence electrons. The van der Waals surface area contributed by atoms with E-state index in [2.05, 4.69) is 5.10 Å². The fourth-order valence-electron chi connectivity index (χ4n) is 3.46. The molecule has 2 amide bonds. The van der Waals surface area contributed by atoms with Gasteiger partial charge in [-0.3, -0.25) is 14.6 Å². The summed E-state index contributed by atoms with van der Waals surface area (Å²) in [5.74, 6) is -2.84. The van der Waals surface area contributed by atoms with E-state index < -0.39 is 29.7 Å². The summed E-state index contributed by atoms with van der Waals surface area (Å²) < 4.78 is 5.06. The Bertz CT molecular complexity index is 1040. The summed E-state index contributed by atoms with van der Waals surface area (Å²) >= 11 is 12.0. The van der Waals surface area contributed by atoms with Crippen molar-refractivity contribution in [1.29, 1.82) is 0 Å². The van der Waals surface area contributed by atoms with Gasteiger partial charge in [0.15, 0.2) is 5.71 Å². The number of halogens is 2. The first-order chi connectivity index (χ1) is 13.9. The summed E-state index contributed by atoms with van der Waals surface area (Å²) in [5.41, 5.74) is 0.755. The number of hydrazone groups is 1. The van der Waals surface area contributed by atoms with Crippen LogP contribution in [0.15, 0.2) is 53.6 Å². The summed E-state index contributed by atoms with van der Waals surface area (Å²) in [7, 11) is 0. The summed E-state index contributed by atoms with van der Waals surface area (Å²) in [6.07, 6.45) is 0. The molecule has 0 N–H and O–H groups in total. The predicted octanol–water partition coefficient (Wildman–Crippen LogP) is 3.29. The minimum atomic E-state index is -1.07. The van der Waals surface area contributed by atoms with Crippen LogP contribution >= 0.6 is 23.2 Å². The van der Waals surface area contributed by atoms with E-state index in [9.17, 15) is 14.4 Å². The Morgan fingerprint density at radius 1 is 1.03 bits per heavy atom. The van der Waals surface area contributed by atoms with Crippen molar-refractivity contribution in [3.8, 4) is 0 Å². The molecular formula is C20H15Cl2N3O4. The van der Waals surface area contributed by atoms with E-state index in [4.69, 9.17) is 27.9 Å². The third-order valence-electron chi connectivity index (χ3n) is 4.69. The second-order valence-corrected chi connectivity index (χ2v) is 7.31. The van der Waals surface area contributed by atoms with Crippen LogP contribution in [0.4, 0.5) is 11.4 Å². The van der Waals surface area contributed by atoms with Crippen molar-refractivity contribution in [2.75, 3.05) is 16.5 Å². The van der Waals surface area contributed by atoms with Gasteiger partial charge in [0.05, 0.1) is 18.0 Å². The standard InChI is InChI=1S/C20H15Cl2N3O4/c1-2-29-20(28)16-15-17(25(23-16)14-5-3-4-12(22)10-14)19(27)24(18(15)26)13-8-6-11(21)7-9-13/h3-10,15,17H,2H2,1H3/t15-,17+/m0/s1. The maximum absolute atomic E-state index is 13.2. The van der Waals surface area contributed by atoms with Crippen LogP contribution in [0.25, 0.3) is 0 Å². The second kappa shape index (κ2) is 7.50. The third-order valence-corrected chi connectivity index (χ3v) is 5.18. The average Bonchev–Trinajstić information content (AvgIpc) is 3.21. The number of hydrogen-bond donors (Lipinski definition) is 0. The van der Waals surface area contributed by atoms with Crippen LogP contribution in [-0.2, 0) is 19.1 Å². The van der Waals surface area contributed by atoms with E-state index in [-0.39, 0.29) is 12.3 Å². The Hall–Kier alpha value is -2.90.